The van der Waals surface area contributed by atoms with Crippen molar-refractivity contribution in [1.29, 1.82) is 0 Å². The molecule has 0 saturated carbocycles. The highest BCUT2D eigenvalue weighted by atomic mass is 79.9. The summed E-state index contributed by atoms with van der Waals surface area (Å²) in [6.45, 7) is 1.96. The van der Waals surface area contributed by atoms with Gasteiger partial charge in [-0.05, 0) is 28.4 Å². The molecule has 108 valence electrons. The van der Waals surface area contributed by atoms with Crippen LogP contribution >= 0.6 is 27.5 Å². The molecule has 1 heterocycles. The SMILES string of the molecule is CCc1nn(C)c(CC(O)c2cccc(Br)c2F)c1Cl. The van der Waals surface area contributed by atoms with E-state index in [0.717, 1.165) is 5.69 Å². The molecule has 0 aliphatic carbocycles. The highest BCUT2D eigenvalue weighted by Gasteiger charge is 2.20. The first-order valence-corrected chi connectivity index (χ1v) is 7.45. The molecule has 0 amide bonds. The average molecular weight is 362 g/mol. The number of aliphatic hydroxyl groups is 1. The predicted octanol–water partition coefficient (Wildman–Crippen LogP) is 3.81. The van der Waals surface area contributed by atoms with Gasteiger partial charge in [0.2, 0.25) is 0 Å². The van der Waals surface area contributed by atoms with Gasteiger partial charge in [-0.3, -0.25) is 4.68 Å². The van der Waals surface area contributed by atoms with Crippen LogP contribution in [0.3, 0.4) is 0 Å². The van der Waals surface area contributed by atoms with Crippen LogP contribution in [0.15, 0.2) is 22.7 Å². The van der Waals surface area contributed by atoms with Crippen molar-refractivity contribution in [3.63, 3.8) is 0 Å². The summed E-state index contributed by atoms with van der Waals surface area (Å²) in [6.07, 6.45) is -0.0332. The summed E-state index contributed by atoms with van der Waals surface area (Å²) in [4.78, 5) is 0. The van der Waals surface area contributed by atoms with Gasteiger partial charge in [-0.2, -0.15) is 5.10 Å². The molecule has 2 aromatic rings. The zero-order chi connectivity index (χ0) is 14.9. The highest BCUT2D eigenvalue weighted by molar-refractivity contribution is 9.10. The Balaban J connectivity index is 2.30. The van der Waals surface area contributed by atoms with Gasteiger partial charge < -0.3 is 5.11 Å². The van der Waals surface area contributed by atoms with E-state index in [4.69, 9.17) is 11.6 Å². The second kappa shape index (κ2) is 6.24. The molecule has 0 saturated heterocycles. The third-order valence-electron chi connectivity index (χ3n) is 3.23. The number of aromatic nitrogens is 2. The van der Waals surface area contributed by atoms with Gasteiger partial charge in [-0.15, -0.1) is 0 Å². The van der Waals surface area contributed by atoms with E-state index >= 15 is 0 Å². The Morgan fingerprint density at radius 3 is 2.80 bits per heavy atom. The summed E-state index contributed by atoms with van der Waals surface area (Å²) in [6, 6.07) is 4.85. The molecule has 20 heavy (non-hydrogen) atoms. The van der Waals surface area contributed by atoms with Crippen molar-refractivity contribution < 1.29 is 9.50 Å². The molecule has 1 atom stereocenters. The third kappa shape index (κ3) is 2.90. The maximum Gasteiger partial charge on any atom is 0.143 e. The fraction of sp³-hybridized carbons (Fsp3) is 0.357. The van der Waals surface area contributed by atoms with E-state index in [1.54, 1.807) is 29.9 Å². The van der Waals surface area contributed by atoms with Crippen molar-refractivity contribution in [1.82, 2.24) is 9.78 Å². The summed E-state index contributed by atoms with van der Waals surface area (Å²) in [5, 5.41) is 15.1. The van der Waals surface area contributed by atoms with Crippen LogP contribution in [0.1, 0.15) is 30.0 Å². The molecule has 0 radical (unpaired) electrons. The van der Waals surface area contributed by atoms with E-state index in [-0.39, 0.29) is 12.0 Å². The number of halogens is 3. The van der Waals surface area contributed by atoms with Crippen molar-refractivity contribution in [2.24, 2.45) is 7.05 Å². The number of aryl methyl sites for hydroxylation is 2. The maximum absolute atomic E-state index is 14.0. The van der Waals surface area contributed by atoms with Crippen molar-refractivity contribution >= 4 is 27.5 Å². The maximum atomic E-state index is 14.0. The van der Waals surface area contributed by atoms with Gasteiger partial charge in [0, 0.05) is 19.0 Å². The lowest BCUT2D eigenvalue weighted by Crippen LogP contribution is -2.08. The van der Waals surface area contributed by atoms with Gasteiger partial charge in [0.05, 0.1) is 27.0 Å². The fourth-order valence-corrected chi connectivity index (χ4v) is 2.86. The number of hydrogen-bond acceptors (Lipinski definition) is 2. The minimum atomic E-state index is -0.967. The smallest absolute Gasteiger partial charge is 0.143 e. The molecule has 1 aromatic heterocycles. The van der Waals surface area contributed by atoms with E-state index in [0.29, 0.717) is 21.6 Å². The van der Waals surface area contributed by atoms with Gasteiger partial charge in [0.1, 0.15) is 5.82 Å². The molecule has 0 aliphatic heterocycles. The van der Waals surface area contributed by atoms with Crippen molar-refractivity contribution in [2.45, 2.75) is 25.9 Å². The summed E-state index contributed by atoms with van der Waals surface area (Å²) >= 11 is 9.35. The van der Waals surface area contributed by atoms with E-state index in [1.165, 1.54) is 0 Å². The first-order valence-electron chi connectivity index (χ1n) is 6.27. The Bertz CT molecular complexity index is 630. The van der Waals surface area contributed by atoms with Gasteiger partial charge in [-0.25, -0.2) is 4.39 Å². The standard InChI is InChI=1S/C14H15BrClFN2O/c1-3-10-13(16)11(19(2)18-10)7-12(20)8-5-4-6-9(15)14(8)17/h4-6,12,20H,3,7H2,1-2H3. The van der Waals surface area contributed by atoms with E-state index in [1.807, 2.05) is 6.92 Å². The van der Waals surface area contributed by atoms with E-state index in [2.05, 4.69) is 21.0 Å². The lowest BCUT2D eigenvalue weighted by atomic mass is 10.0. The zero-order valence-corrected chi connectivity index (χ0v) is 13.5. The second-order valence-electron chi connectivity index (χ2n) is 4.55. The lowest BCUT2D eigenvalue weighted by molar-refractivity contribution is 0.171. The van der Waals surface area contributed by atoms with Crippen molar-refractivity contribution in [3.8, 4) is 0 Å². The Morgan fingerprint density at radius 2 is 2.20 bits per heavy atom. The highest BCUT2D eigenvalue weighted by Crippen LogP contribution is 2.29. The first-order chi connectivity index (χ1) is 9.45. The van der Waals surface area contributed by atoms with Crippen LogP contribution in [0.4, 0.5) is 4.39 Å². The van der Waals surface area contributed by atoms with E-state index in [9.17, 15) is 9.50 Å². The zero-order valence-electron chi connectivity index (χ0n) is 11.2. The van der Waals surface area contributed by atoms with Gasteiger partial charge in [-0.1, -0.05) is 30.7 Å². The quantitative estimate of drug-likeness (QED) is 0.899. The van der Waals surface area contributed by atoms with Gasteiger partial charge in [0.25, 0.3) is 0 Å². The number of nitrogens with zero attached hydrogens (tertiary/aromatic N) is 2. The molecule has 0 bridgehead atoms. The molecule has 0 aliphatic rings. The molecule has 0 spiro atoms. The van der Waals surface area contributed by atoms with E-state index < -0.39 is 11.9 Å². The van der Waals surface area contributed by atoms with Crippen LogP contribution in [0.5, 0.6) is 0 Å². The first kappa shape index (κ1) is 15.5. The topological polar surface area (TPSA) is 38.0 Å². The summed E-state index contributed by atoms with van der Waals surface area (Å²) < 4.78 is 15.9. The minimum absolute atomic E-state index is 0.218. The summed E-state index contributed by atoms with van der Waals surface area (Å²) in [5.74, 6) is -0.450. The number of hydrogen-bond donors (Lipinski definition) is 1. The molecule has 3 nitrogen and oxygen atoms in total. The molecule has 2 rings (SSSR count). The number of benzene rings is 1. The molecule has 0 fully saturated rings. The summed E-state index contributed by atoms with van der Waals surface area (Å²) in [7, 11) is 1.77. The van der Waals surface area contributed by atoms with Gasteiger partial charge in [0.15, 0.2) is 0 Å². The molecule has 1 aromatic carbocycles. The molecular formula is C14H15BrClFN2O. The Kier molecular flexibility index (Phi) is 4.83. The Hall–Kier alpha value is -0.910. The lowest BCUT2D eigenvalue weighted by Gasteiger charge is -2.13. The van der Waals surface area contributed by atoms with Crippen LogP contribution in [0.2, 0.25) is 5.02 Å². The van der Waals surface area contributed by atoms with Crippen LogP contribution in [-0.2, 0) is 19.9 Å². The average Bonchev–Trinajstić information content (AvgIpc) is 2.69. The molecule has 6 heteroatoms. The van der Waals surface area contributed by atoms with Crippen LogP contribution in [0, 0.1) is 5.82 Å². The third-order valence-corrected chi connectivity index (χ3v) is 4.28. The molecule has 1 unspecified atom stereocenters. The van der Waals surface area contributed by atoms with Crippen LogP contribution < -0.4 is 0 Å². The fourth-order valence-electron chi connectivity index (χ4n) is 2.11. The normalized spacial score (nSPS) is 12.7. The molecule has 1 N–H and O–H groups in total. The Labute approximate surface area is 130 Å². The monoisotopic (exact) mass is 360 g/mol. The predicted molar refractivity (Wildman–Crippen MR) is 80.4 cm³/mol. The molecular weight excluding hydrogens is 347 g/mol. The van der Waals surface area contributed by atoms with Crippen molar-refractivity contribution in [3.05, 3.63) is 50.5 Å². The largest absolute Gasteiger partial charge is 0.388 e. The number of rotatable bonds is 4. The summed E-state index contributed by atoms with van der Waals surface area (Å²) in [5.41, 5.74) is 1.73. The minimum Gasteiger partial charge on any atom is -0.388 e. The van der Waals surface area contributed by atoms with Crippen LogP contribution in [-0.4, -0.2) is 14.9 Å². The number of aliphatic hydroxyl groups excluding tert-OH is 1. The Morgan fingerprint density at radius 1 is 1.50 bits per heavy atom. The van der Waals surface area contributed by atoms with Crippen molar-refractivity contribution in [2.75, 3.05) is 0 Å². The van der Waals surface area contributed by atoms with Gasteiger partial charge >= 0.3 is 0 Å². The second-order valence-corrected chi connectivity index (χ2v) is 5.78. The van der Waals surface area contributed by atoms with Crippen LogP contribution in [0.25, 0.3) is 0 Å².